The van der Waals surface area contributed by atoms with E-state index in [-0.39, 0.29) is 11.5 Å². The summed E-state index contributed by atoms with van der Waals surface area (Å²) in [5.41, 5.74) is 1.14. The van der Waals surface area contributed by atoms with Crippen LogP contribution in [0.2, 0.25) is 5.02 Å². The van der Waals surface area contributed by atoms with Gasteiger partial charge in [-0.1, -0.05) is 29.8 Å². The summed E-state index contributed by atoms with van der Waals surface area (Å²) in [6, 6.07) is 10.2. The first-order valence-corrected chi connectivity index (χ1v) is 6.14. The Hall–Kier alpha value is -2.07. The van der Waals surface area contributed by atoms with Gasteiger partial charge in [-0.15, -0.1) is 0 Å². The molecular weight excluding hydrogens is 264 g/mol. The highest BCUT2D eigenvalue weighted by Crippen LogP contribution is 2.14. The third-order valence-corrected chi connectivity index (χ3v) is 3.11. The molecule has 1 aromatic carbocycles. The van der Waals surface area contributed by atoms with Crippen LogP contribution in [0.5, 0.6) is 0 Å². The molecule has 0 atom stereocenters. The van der Waals surface area contributed by atoms with Crippen molar-refractivity contribution < 1.29 is 4.79 Å². The van der Waals surface area contributed by atoms with Gasteiger partial charge in [0.1, 0.15) is 0 Å². The van der Waals surface area contributed by atoms with Gasteiger partial charge in [0.2, 0.25) is 5.56 Å². The van der Waals surface area contributed by atoms with Crippen molar-refractivity contribution in [3.8, 4) is 0 Å². The van der Waals surface area contributed by atoms with Crippen LogP contribution in [0.15, 0.2) is 47.4 Å². The van der Waals surface area contributed by atoms with Gasteiger partial charge in [0.25, 0.3) is 5.91 Å². The minimum absolute atomic E-state index is 0.150. The molecule has 19 heavy (non-hydrogen) atoms. The Morgan fingerprint density at radius 2 is 2.00 bits per heavy atom. The highest BCUT2D eigenvalue weighted by atomic mass is 35.5. The Bertz CT molecular complexity index is 664. The number of hydrogen-bond acceptors (Lipinski definition) is 2. The molecule has 0 aliphatic heterocycles. The summed E-state index contributed by atoms with van der Waals surface area (Å²) in [4.78, 5) is 23.2. The van der Waals surface area contributed by atoms with Crippen LogP contribution in [0.25, 0.3) is 0 Å². The average molecular weight is 277 g/mol. The van der Waals surface area contributed by atoms with E-state index in [1.54, 1.807) is 13.1 Å². The lowest BCUT2D eigenvalue weighted by Crippen LogP contribution is -2.25. The SMILES string of the molecule is Cn1cc(C(=O)NCc2ccccc2Cl)ccc1=O. The van der Waals surface area contributed by atoms with E-state index in [4.69, 9.17) is 11.6 Å². The number of carbonyl (C=O) groups is 1. The second kappa shape index (κ2) is 5.71. The van der Waals surface area contributed by atoms with Crippen molar-refractivity contribution in [2.45, 2.75) is 6.54 Å². The molecule has 98 valence electrons. The topological polar surface area (TPSA) is 51.1 Å². The van der Waals surface area contributed by atoms with Gasteiger partial charge in [-0.2, -0.15) is 0 Å². The van der Waals surface area contributed by atoms with Crippen LogP contribution in [-0.2, 0) is 13.6 Å². The number of amides is 1. The van der Waals surface area contributed by atoms with Crippen molar-refractivity contribution >= 4 is 17.5 Å². The Morgan fingerprint density at radius 3 is 2.68 bits per heavy atom. The molecule has 0 radical (unpaired) electrons. The second-order valence-electron chi connectivity index (χ2n) is 4.14. The van der Waals surface area contributed by atoms with Crippen molar-refractivity contribution in [2.75, 3.05) is 0 Å². The minimum Gasteiger partial charge on any atom is -0.348 e. The fourth-order valence-electron chi connectivity index (χ4n) is 1.65. The summed E-state index contributed by atoms with van der Waals surface area (Å²) in [7, 11) is 1.60. The Balaban J connectivity index is 2.08. The van der Waals surface area contributed by atoms with Gasteiger partial charge in [0, 0.05) is 30.9 Å². The van der Waals surface area contributed by atoms with Gasteiger partial charge in [-0.05, 0) is 17.7 Å². The van der Waals surface area contributed by atoms with Crippen molar-refractivity contribution in [1.82, 2.24) is 9.88 Å². The molecule has 0 saturated heterocycles. The van der Waals surface area contributed by atoms with E-state index in [0.29, 0.717) is 17.1 Å². The van der Waals surface area contributed by atoms with Crippen molar-refractivity contribution in [3.05, 3.63) is 69.1 Å². The zero-order chi connectivity index (χ0) is 13.8. The molecule has 1 amide bonds. The maximum absolute atomic E-state index is 11.9. The smallest absolute Gasteiger partial charge is 0.253 e. The number of pyridine rings is 1. The first-order chi connectivity index (χ1) is 9.08. The lowest BCUT2D eigenvalue weighted by atomic mass is 10.2. The first kappa shape index (κ1) is 13.4. The summed E-state index contributed by atoms with van der Waals surface area (Å²) in [5, 5.41) is 3.38. The van der Waals surface area contributed by atoms with E-state index in [2.05, 4.69) is 5.32 Å². The van der Waals surface area contributed by atoms with Crippen LogP contribution in [0.1, 0.15) is 15.9 Å². The lowest BCUT2D eigenvalue weighted by molar-refractivity contribution is 0.0950. The van der Waals surface area contributed by atoms with E-state index in [0.717, 1.165) is 5.56 Å². The average Bonchev–Trinajstić information content (AvgIpc) is 2.40. The molecule has 1 aromatic heterocycles. The van der Waals surface area contributed by atoms with Gasteiger partial charge in [-0.3, -0.25) is 9.59 Å². The van der Waals surface area contributed by atoms with E-state index in [1.807, 2.05) is 18.2 Å². The standard InChI is InChI=1S/C14H13ClN2O2/c1-17-9-11(6-7-13(17)18)14(19)16-8-10-4-2-3-5-12(10)15/h2-7,9H,8H2,1H3,(H,16,19). The molecule has 0 aliphatic carbocycles. The van der Waals surface area contributed by atoms with Crippen LogP contribution in [-0.4, -0.2) is 10.5 Å². The number of rotatable bonds is 3. The number of benzene rings is 1. The van der Waals surface area contributed by atoms with Gasteiger partial charge in [-0.25, -0.2) is 0 Å². The van der Waals surface area contributed by atoms with Crippen LogP contribution >= 0.6 is 11.6 Å². The van der Waals surface area contributed by atoms with E-state index in [1.165, 1.54) is 22.9 Å². The van der Waals surface area contributed by atoms with Gasteiger partial charge < -0.3 is 9.88 Å². The van der Waals surface area contributed by atoms with E-state index < -0.39 is 0 Å². The number of hydrogen-bond donors (Lipinski definition) is 1. The molecule has 2 rings (SSSR count). The third kappa shape index (κ3) is 3.23. The molecule has 2 aromatic rings. The summed E-state index contributed by atoms with van der Waals surface area (Å²) in [6.07, 6.45) is 1.50. The van der Waals surface area contributed by atoms with Crippen molar-refractivity contribution in [3.63, 3.8) is 0 Å². The molecule has 1 N–H and O–H groups in total. The Labute approximate surface area is 115 Å². The zero-order valence-electron chi connectivity index (χ0n) is 10.4. The highest BCUT2D eigenvalue weighted by molar-refractivity contribution is 6.31. The minimum atomic E-state index is -0.240. The number of halogens is 1. The lowest BCUT2D eigenvalue weighted by Gasteiger charge is -2.07. The predicted octanol–water partition coefficient (Wildman–Crippen LogP) is 1.97. The van der Waals surface area contributed by atoms with E-state index >= 15 is 0 Å². The quantitative estimate of drug-likeness (QED) is 0.932. The maximum atomic E-state index is 11.9. The first-order valence-electron chi connectivity index (χ1n) is 5.76. The van der Waals surface area contributed by atoms with Crippen LogP contribution in [0, 0.1) is 0 Å². The van der Waals surface area contributed by atoms with Crippen molar-refractivity contribution in [2.24, 2.45) is 7.05 Å². The monoisotopic (exact) mass is 276 g/mol. The fourth-order valence-corrected chi connectivity index (χ4v) is 1.85. The summed E-state index contributed by atoms with van der Waals surface area (Å²) < 4.78 is 1.37. The fraction of sp³-hybridized carbons (Fsp3) is 0.143. The normalized spacial score (nSPS) is 10.2. The van der Waals surface area contributed by atoms with Crippen LogP contribution in [0.3, 0.4) is 0 Å². The number of aryl methyl sites for hydroxylation is 1. The van der Waals surface area contributed by atoms with Gasteiger partial charge in [0.05, 0.1) is 5.56 Å². The number of nitrogens with one attached hydrogen (secondary N) is 1. The van der Waals surface area contributed by atoms with Crippen LogP contribution < -0.4 is 10.9 Å². The van der Waals surface area contributed by atoms with Gasteiger partial charge >= 0.3 is 0 Å². The second-order valence-corrected chi connectivity index (χ2v) is 4.55. The van der Waals surface area contributed by atoms with Gasteiger partial charge in [0.15, 0.2) is 0 Å². The molecule has 0 bridgehead atoms. The Kier molecular flexibility index (Phi) is 4.02. The maximum Gasteiger partial charge on any atom is 0.253 e. The van der Waals surface area contributed by atoms with Crippen molar-refractivity contribution in [1.29, 1.82) is 0 Å². The summed E-state index contributed by atoms with van der Waals surface area (Å²) >= 11 is 6.00. The molecular formula is C14H13ClN2O2. The number of carbonyl (C=O) groups excluding carboxylic acids is 1. The molecule has 4 nitrogen and oxygen atoms in total. The molecule has 1 heterocycles. The molecule has 0 spiro atoms. The third-order valence-electron chi connectivity index (χ3n) is 2.75. The number of nitrogens with zero attached hydrogens (tertiary/aromatic N) is 1. The van der Waals surface area contributed by atoms with Crippen LogP contribution in [0.4, 0.5) is 0 Å². The molecule has 5 heteroatoms. The number of aromatic nitrogens is 1. The molecule has 0 fully saturated rings. The largest absolute Gasteiger partial charge is 0.348 e. The predicted molar refractivity (Wildman–Crippen MR) is 74.3 cm³/mol. The molecule has 0 aliphatic rings. The molecule has 0 saturated carbocycles. The van der Waals surface area contributed by atoms with E-state index in [9.17, 15) is 9.59 Å². The Morgan fingerprint density at radius 1 is 1.26 bits per heavy atom. The summed E-state index contributed by atoms with van der Waals surface area (Å²) in [5.74, 6) is -0.240. The zero-order valence-corrected chi connectivity index (χ0v) is 11.1. The molecule has 0 unspecified atom stereocenters. The summed E-state index contributed by atoms with van der Waals surface area (Å²) in [6.45, 7) is 0.349. The highest BCUT2D eigenvalue weighted by Gasteiger charge is 2.07.